The predicted molar refractivity (Wildman–Crippen MR) is 74.1 cm³/mol. The summed E-state index contributed by atoms with van der Waals surface area (Å²) in [5.74, 6) is -0.920. The molecular formula is C13H19FN2O3S. The molecule has 0 bridgehead atoms. The van der Waals surface area contributed by atoms with Crippen LogP contribution >= 0.6 is 0 Å². The summed E-state index contributed by atoms with van der Waals surface area (Å²) < 4.78 is 39.0. The van der Waals surface area contributed by atoms with Gasteiger partial charge in [0.1, 0.15) is 5.82 Å². The number of hydrogen-bond acceptors (Lipinski definition) is 3. The lowest BCUT2D eigenvalue weighted by atomic mass is 10.2. The van der Waals surface area contributed by atoms with E-state index in [2.05, 4.69) is 10.0 Å². The summed E-state index contributed by atoms with van der Waals surface area (Å²) in [5.41, 5.74) is 0. The number of benzene rings is 1. The van der Waals surface area contributed by atoms with Crippen LogP contribution in [0.1, 0.15) is 27.2 Å². The van der Waals surface area contributed by atoms with E-state index in [0.717, 1.165) is 30.7 Å². The van der Waals surface area contributed by atoms with Gasteiger partial charge in [-0.05, 0) is 44.5 Å². The molecule has 0 spiro atoms. The summed E-state index contributed by atoms with van der Waals surface area (Å²) in [6.45, 7) is 5.20. The van der Waals surface area contributed by atoms with Crippen molar-refractivity contribution >= 4 is 15.9 Å². The lowest BCUT2D eigenvalue weighted by Gasteiger charge is -2.17. The van der Waals surface area contributed by atoms with Crippen molar-refractivity contribution in [3.63, 3.8) is 0 Å². The third-order valence-corrected chi connectivity index (χ3v) is 4.41. The number of nitrogens with one attached hydrogen (secondary N) is 2. The first-order chi connectivity index (χ1) is 9.26. The summed E-state index contributed by atoms with van der Waals surface area (Å²) in [7, 11) is -3.84. The fourth-order valence-electron chi connectivity index (χ4n) is 1.44. The first-order valence-corrected chi connectivity index (χ1v) is 7.83. The molecule has 0 heterocycles. The van der Waals surface area contributed by atoms with Gasteiger partial charge in [-0.1, -0.05) is 6.92 Å². The Balaban J connectivity index is 2.75. The van der Waals surface area contributed by atoms with Gasteiger partial charge in [0.2, 0.25) is 15.9 Å². The van der Waals surface area contributed by atoms with Crippen molar-refractivity contribution in [2.24, 2.45) is 0 Å². The highest BCUT2D eigenvalue weighted by Crippen LogP contribution is 2.10. The zero-order valence-electron chi connectivity index (χ0n) is 11.7. The standard InChI is InChI=1S/C13H19FN2O3S/c1-4-9(2)15-13(17)10(3)16-20(18,19)12-7-5-11(14)6-8-12/h5-10,16H,4H2,1-3H3,(H,15,17)/t9-,10-/m0/s1. The van der Waals surface area contributed by atoms with E-state index in [0.29, 0.717) is 0 Å². The lowest BCUT2D eigenvalue weighted by molar-refractivity contribution is -0.122. The largest absolute Gasteiger partial charge is 0.352 e. The molecule has 0 unspecified atom stereocenters. The van der Waals surface area contributed by atoms with E-state index < -0.39 is 27.8 Å². The number of sulfonamides is 1. The molecule has 0 aliphatic carbocycles. The second-order valence-corrected chi connectivity index (χ2v) is 6.33. The smallest absolute Gasteiger partial charge is 0.241 e. The number of carbonyl (C=O) groups excluding carboxylic acids is 1. The first-order valence-electron chi connectivity index (χ1n) is 6.34. The SMILES string of the molecule is CC[C@H](C)NC(=O)[C@H](C)NS(=O)(=O)c1ccc(F)cc1. The Bertz CT molecular complexity index is 557. The molecule has 0 aliphatic rings. The van der Waals surface area contributed by atoms with E-state index in [9.17, 15) is 17.6 Å². The Kier molecular flexibility index (Phi) is 5.64. The minimum absolute atomic E-state index is 0.0275. The Hall–Kier alpha value is -1.47. The number of hydrogen-bond donors (Lipinski definition) is 2. The van der Waals surface area contributed by atoms with Gasteiger partial charge >= 0.3 is 0 Å². The van der Waals surface area contributed by atoms with Gasteiger partial charge in [0, 0.05) is 6.04 Å². The van der Waals surface area contributed by atoms with Crippen LogP contribution in [0.3, 0.4) is 0 Å². The van der Waals surface area contributed by atoms with E-state index >= 15 is 0 Å². The van der Waals surface area contributed by atoms with Crippen molar-refractivity contribution < 1.29 is 17.6 Å². The van der Waals surface area contributed by atoms with Crippen LogP contribution in [0.15, 0.2) is 29.2 Å². The molecule has 0 aliphatic heterocycles. The van der Waals surface area contributed by atoms with Crippen LogP contribution in [0.25, 0.3) is 0 Å². The minimum atomic E-state index is -3.84. The van der Waals surface area contributed by atoms with Gasteiger partial charge in [-0.15, -0.1) is 0 Å². The summed E-state index contributed by atoms with van der Waals surface area (Å²) in [6.07, 6.45) is 0.753. The molecule has 0 saturated heterocycles. The van der Waals surface area contributed by atoms with Crippen molar-refractivity contribution in [2.45, 2.75) is 44.2 Å². The van der Waals surface area contributed by atoms with Crippen LogP contribution in [0.5, 0.6) is 0 Å². The van der Waals surface area contributed by atoms with Crippen LogP contribution < -0.4 is 10.0 Å². The Morgan fingerprint density at radius 3 is 2.30 bits per heavy atom. The highest BCUT2D eigenvalue weighted by atomic mass is 32.2. The van der Waals surface area contributed by atoms with Gasteiger partial charge in [-0.2, -0.15) is 4.72 Å². The van der Waals surface area contributed by atoms with Gasteiger partial charge < -0.3 is 5.32 Å². The molecule has 1 aromatic rings. The van der Waals surface area contributed by atoms with Crippen LogP contribution in [-0.2, 0) is 14.8 Å². The molecule has 0 fully saturated rings. The fraction of sp³-hybridized carbons (Fsp3) is 0.462. The van der Waals surface area contributed by atoms with E-state index in [1.165, 1.54) is 6.92 Å². The third kappa shape index (κ3) is 4.57. The van der Waals surface area contributed by atoms with Crippen molar-refractivity contribution in [2.75, 3.05) is 0 Å². The normalized spacial score (nSPS) is 14.6. The third-order valence-electron chi connectivity index (χ3n) is 2.85. The minimum Gasteiger partial charge on any atom is -0.352 e. The Labute approximate surface area is 118 Å². The van der Waals surface area contributed by atoms with E-state index in [-0.39, 0.29) is 10.9 Å². The molecule has 0 aromatic heterocycles. The zero-order chi connectivity index (χ0) is 15.3. The van der Waals surface area contributed by atoms with Crippen LogP contribution in [0.2, 0.25) is 0 Å². The molecule has 1 aromatic carbocycles. The van der Waals surface area contributed by atoms with Crippen molar-refractivity contribution in [3.8, 4) is 0 Å². The predicted octanol–water partition coefficient (Wildman–Crippen LogP) is 1.41. The average molecular weight is 302 g/mol. The summed E-state index contributed by atoms with van der Waals surface area (Å²) >= 11 is 0. The zero-order valence-corrected chi connectivity index (χ0v) is 12.5. The van der Waals surface area contributed by atoms with Gasteiger partial charge in [-0.25, -0.2) is 12.8 Å². The number of amides is 1. The van der Waals surface area contributed by atoms with Crippen molar-refractivity contribution in [3.05, 3.63) is 30.1 Å². The van der Waals surface area contributed by atoms with Gasteiger partial charge in [-0.3, -0.25) is 4.79 Å². The summed E-state index contributed by atoms with van der Waals surface area (Å²) in [6, 6.07) is 3.48. The number of carbonyl (C=O) groups is 1. The molecule has 5 nitrogen and oxygen atoms in total. The molecule has 0 radical (unpaired) electrons. The lowest BCUT2D eigenvalue weighted by Crippen LogP contribution is -2.47. The molecule has 20 heavy (non-hydrogen) atoms. The van der Waals surface area contributed by atoms with Gasteiger partial charge in [0.25, 0.3) is 0 Å². The maximum absolute atomic E-state index is 12.8. The van der Waals surface area contributed by atoms with Crippen LogP contribution in [0, 0.1) is 5.82 Å². The van der Waals surface area contributed by atoms with Crippen LogP contribution in [-0.4, -0.2) is 26.4 Å². The quantitative estimate of drug-likeness (QED) is 0.834. The molecule has 2 N–H and O–H groups in total. The summed E-state index contributed by atoms with van der Waals surface area (Å²) in [4.78, 5) is 11.7. The highest BCUT2D eigenvalue weighted by molar-refractivity contribution is 7.89. The maximum Gasteiger partial charge on any atom is 0.241 e. The molecule has 1 rings (SSSR count). The van der Waals surface area contributed by atoms with E-state index in [4.69, 9.17) is 0 Å². The molecule has 0 saturated carbocycles. The van der Waals surface area contributed by atoms with Gasteiger partial charge in [0.15, 0.2) is 0 Å². The highest BCUT2D eigenvalue weighted by Gasteiger charge is 2.22. The molecular weight excluding hydrogens is 283 g/mol. The Morgan fingerprint density at radius 2 is 1.80 bits per heavy atom. The Morgan fingerprint density at radius 1 is 1.25 bits per heavy atom. The number of rotatable bonds is 6. The molecule has 112 valence electrons. The monoisotopic (exact) mass is 302 g/mol. The molecule has 1 amide bonds. The number of halogens is 1. The second-order valence-electron chi connectivity index (χ2n) is 4.61. The van der Waals surface area contributed by atoms with Crippen molar-refractivity contribution in [1.82, 2.24) is 10.0 Å². The van der Waals surface area contributed by atoms with Crippen molar-refractivity contribution in [1.29, 1.82) is 0 Å². The average Bonchev–Trinajstić information content (AvgIpc) is 2.38. The summed E-state index contributed by atoms with van der Waals surface area (Å²) in [5, 5.41) is 2.69. The molecule has 2 atom stereocenters. The maximum atomic E-state index is 12.8. The second kappa shape index (κ2) is 6.81. The van der Waals surface area contributed by atoms with Gasteiger partial charge in [0.05, 0.1) is 10.9 Å². The fourth-order valence-corrected chi connectivity index (χ4v) is 2.64. The van der Waals surface area contributed by atoms with E-state index in [1.54, 1.807) is 0 Å². The first kappa shape index (κ1) is 16.6. The van der Waals surface area contributed by atoms with E-state index in [1.807, 2.05) is 13.8 Å². The molecule has 7 heteroatoms. The van der Waals surface area contributed by atoms with Crippen LogP contribution in [0.4, 0.5) is 4.39 Å². The topological polar surface area (TPSA) is 75.3 Å².